The molecule has 0 amide bonds. The van der Waals surface area contributed by atoms with E-state index in [0.717, 1.165) is 6.42 Å². The van der Waals surface area contributed by atoms with Gasteiger partial charge in [0.25, 0.3) is 0 Å². The fourth-order valence-corrected chi connectivity index (χ4v) is 9.85. The molecule has 182 valence electrons. The van der Waals surface area contributed by atoms with Crippen molar-refractivity contribution in [2.75, 3.05) is 0 Å². The van der Waals surface area contributed by atoms with Crippen molar-refractivity contribution < 1.29 is 4.57 Å². The summed E-state index contributed by atoms with van der Waals surface area (Å²) in [7, 11) is 2.23. The minimum atomic E-state index is -1.94. The van der Waals surface area contributed by atoms with Crippen LogP contribution < -0.4 is 8.96 Å². The van der Waals surface area contributed by atoms with Gasteiger partial charge in [0.1, 0.15) is 0 Å². The molecule has 0 unspecified atom stereocenters. The molecule has 1 aromatic heterocycles. The molecule has 0 N–H and O–H groups in total. The monoisotopic (exact) mass is 552 g/mol. The van der Waals surface area contributed by atoms with Crippen LogP contribution >= 0.6 is 11.8 Å². The first-order valence-electron chi connectivity index (χ1n) is 13.2. The van der Waals surface area contributed by atoms with Gasteiger partial charge in [-0.15, -0.1) is 0 Å². The molecule has 0 aliphatic carbocycles. The molecule has 1 aliphatic rings. The molecule has 0 atom stereocenters. The van der Waals surface area contributed by atoms with Gasteiger partial charge < -0.3 is 0 Å². The van der Waals surface area contributed by atoms with E-state index in [1.165, 1.54) is 70.1 Å². The van der Waals surface area contributed by atoms with Crippen LogP contribution in [-0.2, 0) is 13.5 Å². The van der Waals surface area contributed by atoms with Gasteiger partial charge in [-0.3, -0.25) is 0 Å². The molecule has 0 fully saturated rings. The molecule has 0 saturated heterocycles. The van der Waals surface area contributed by atoms with E-state index in [4.69, 9.17) is 0 Å². The van der Waals surface area contributed by atoms with Gasteiger partial charge in [-0.05, 0) is 0 Å². The van der Waals surface area contributed by atoms with E-state index >= 15 is 0 Å². The molecule has 0 saturated carbocycles. The molecule has 3 heteroatoms. The number of fused-ring (bicyclic) bond motifs is 5. The van der Waals surface area contributed by atoms with Gasteiger partial charge in [-0.25, -0.2) is 0 Å². The van der Waals surface area contributed by atoms with E-state index in [9.17, 15) is 0 Å². The summed E-state index contributed by atoms with van der Waals surface area (Å²) in [6.45, 7) is 9.25. The van der Waals surface area contributed by atoms with Crippen molar-refractivity contribution in [1.29, 1.82) is 0 Å². The molecule has 2 heterocycles. The summed E-state index contributed by atoms with van der Waals surface area (Å²) in [5.41, 5.74) is 7.09. The predicted molar refractivity (Wildman–Crippen MR) is 161 cm³/mol. The van der Waals surface area contributed by atoms with Crippen LogP contribution in [0.25, 0.3) is 43.6 Å². The van der Waals surface area contributed by atoms with Crippen LogP contribution in [-0.4, -0.2) is 13.3 Å². The minimum absolute atomic E-state index is 0.603. The molecule has 1 nitrogen and oxygen atoms in total. The van der Waals surface area contributed by atoms with Gasteiger partial charge in [-0.1, -0.05) is 0 Å². The average molecular weight is 551 g/mol. The Hall–Kier alpha value is -2.30. The number of nitrogens with zero attached hydrogens (tertiary/aromatic N) is 1. The summed E-state index contributed by atoms with van der Waals surface area (Å²) in [6, 6.07) is 19.2. The van der Waals surface area contributed by atoms with Gasteiger partial charge in [0, 0.05) is 0 Å². The third-order valence-electron chi connectivity index (χ3n) is 7.91. The van der Waals surface area contributed by atoms with Crippen molar-refractivity contribution in [2.45, 2.75) is 61.2 Å². The molecular weight excluding hydrogens is 515 g/mol. The van der Waals surface area contributed by atoms with Crippen LogP contribution in [0.15, 0.2) is 64.5 Å². The van der Waals surface area contributed by atoms with Crippen molar-refractivity contribution in [2.24, 2.45) is 13.0 Å². The number of benzene rings is 4. The number of aryl methyl sites for hydroxylation is 3. The van der Waals surface area contributed by atoms with Gasteiger partial charge in [-0.2, -0.15) is 0 Å². The van der Waals surface area contributed by atoms with Gasteiger partial charge in [0.2, 0.25) is 0 Å². The molecule has 4 aromatic carbocycles. The Balaban J connectivity index is 1.78. The molecule has 36 heavy (non-hydrogen) atoms. The predicted octanol–water partition coefficient (Wildman–Crippen LogP) is 8.46. The fraction of sp³-hybridized carbons (Fsp3) is 0.303. The zero-order valence-electron chi connectivity index (χ0n) is 22.8. The standard InChI is InChI=1S/C33H36GeNS/c1-19(2)15-28-24-12-9-20(3)16-26(24)21(4)30-32-31-25(13-14-35(32)8)27-18-23(34(5,6)7)11-10-22(27)17-29(31)36-33(28)30/h9-14,16-19H,15H2,1-8H3/q+1. The first kappa shape index (κ1) is 24.1. The van der Waals surface area contributed by atoms with E-state index in [1.807, 2.05) is 11.8 Å². The average Bonchev–Trinajstić information content (AvgIpc) is 2.81. The van der Waals surface area contributed by atoms with Crippen LogP contribution in [0.4, 0.5) is 0 Å². The Labute approximate surface area is 222 Å². The third kappa shape index (κ3) is 3.63. The zero-order valence-corrected chi connectivity index (χ0v) is 25.8. The maximum absolute atomic E-state index is 2.51. The first-order valence-corrected chi connectivity index (χ1v) is 21.3. The summed E-state index contributed by atoms with van der Waals surface area (Å²) < 4.78 is 3.95. The van der Waals surface area contributed by atoms with E-state index in [0.29, 0.717) is 5.92 Å². The number of rotatable bonds is 3. The van der Waals surface area contributed by atoms with Gasteiger partial charge in [0.15, 0.2) is 0 Å². The summed E-state index contributed by atoms with van der Waals surface area (Å²) >= 11 is 0.0662. The van der Waals surface area contributed by atoms with Crippen molar-refractivity contribution in [3.63, 3.8) is 0 Å². The Morgan fingerprint density at radius 2 is 1.64 bits per heavy atom. The number of hydrogen-bond donors (Lipinski definition) is 0. The number of aromatic nitrogens is 1. The van der Waals surface area contributed by atoms with Crippen molar-refractivity contribution >= 4 is 61.7 Å². The maximum atomic E-state index is 2.51. The quantitative estimate of drug-likeness (QED) is 0.121. The topological polar surface area (TPSA) is 3.88 Å². The summed E-state index contributed by atoms with van der Waals surface area (Å²) in [4.78, 5) is 2.87. The summed E-state index contributed by atoms with van der Waals surface area (Å²) in [6.07, 6.45) is 3.38. The summed E-state index contributed by atoms with van der Waals surface area (Å²) in [5.74, 6) is 8.08. The van der Waals surface area contributed by atoms with Gasteiger partial charge >= 0.3 is 223 Å². The van der Waals surface area contributed by atoms with Gasteiger partial charge in [0.05, 0.1) is 0 Å². The summed E-state index contributed by atoms with van der Waals surface area (Å²) in [5, 5.41) is 8.44. The van der Waals surface area contributed by atoms with E-state index in [1.54, 1.807) is 4.40 Å². The second-order valence-electron chi connectivity index (χ2n) is 12.2. The second kappa shape index (κ2) is 8.36. The van der Waals surface area contributed by atoms with E-state index in [2.05, 4.69) is 111 Å². The Morgan fingerprint density at radius 3 is 2.36 bits per heavy atom. The van der Waals surface area contributed by atoms with Crippen LogP contribution in [0.2, 0.25) is 17.3 Å². The molecule has 5 aromatic rings. The first-order chi connectivity index (χ1) is 17.0. The molecule has 6 rings (SSSR count). The van der Waals surface area contributed by atoms with Crippen molar-refractivity contribution in [1.82, 2.24) is 0 Å². The van der Waals surface area contributed by atoms with E-state index in [-0.39, 0.29) is 0 Å². The molecular formula is C33H36GeNS+. The molecule has 0 bridgehead atoms. The molecule has 0 spiro atoms. The molecule has 0 radical (unpaired) electrons. The Bertz CT molecular complexity index is 1720. The Morgan fingerprint density at radius 1 is 0.861 bits per heavy atom. The normalized spacial score (nSPS) is 13.2. The van der Waals surface area contributed by atoms with Crippen LogP contribution in [0, 0.1) is 19.8 Å². The van der Waals surface area contributed by atoms with Crippen LogP contribution in [0.1, 0.15) is 30.5 Å². The second-order valence-corrected chi connectivity index (χ2v) is 23.9. The molecule has 1 aliphatic heterocycles. The van der Waals surface area contributed by atoms with Crippen molar-refractivity contribution in [3.8, 4) is 11.3 Å². The Kier molecular flexibility index (Phi) is 5.59. The van der Waals surface area contributed by atoms with Crippen LogP contribution in [0.3, 0.4) is 0 Å². The van der Waals surface area contributed by atoms with E-state index < -0.39 is 13.3 Å². The van der Waals surface area contributed by atoms with Crippen molar-refractivity contribution in [3.05, 3.63) is 71.4 Å². The number of pyridine rings is 1. The van der Waals surface area contributed by atoms with Crippen LogP contribution in [0.5, 0.6) is 0 Å². The number of hydrogen-bond acceptors (Lipinski definition) is 1. The third-order valence-corrected chi connectivity index (χ3v) is 13.4. The SMILES string of the molecule is Cc1ccc2c(CC(C)C)c3c(c(C)c2c1)-c1c2c(cc4cc[c]([Ge]([CH3])([CH3])[CH3])cc4c2cc[n+]1C)S3. The zero-order chi connectivity index (χ0) is 25.5. The fourth-order valence-electron chi connectivity index (χ4n) is 6.03.